The van der Waals surface area contributed by atoms with Crippen LogP contribution in [0.2, 0.25) is 5.02 Å². The second-order valence-electron chi connectivity index (χ2n) is 4.00. The summed E-state index contributed by atoms with van der Waals surface area (Å²) < 4.78 is 25.0. The highest BCUT2D eigenvalue weighted by molar-refractivity contribution is 7.94. The summed E-state index contributed by atoms with van der Waals surface area (Å²) in [4.78, 5) is 0. The molecule has 0 amide bonds. The quantitative estimate of drug-likeness (QED) is 0.687. The van der Waals surface area contributed by atoms with Gasteiger partial charge >= 0.3 is 0 Å². The van der Waals surface area contributed by atoms with Crippen LogP contribution in [0.3, 0.4) is 0 Å². The molecule has 0 fully saturated rings. The Bertz CT molecular complexity index is 537. The maximum absolute atomic E-state index is 11.8. The van der Waals surface area contributed by atoms with Crippen molar-refractivity contribution in [2.75, 3.05) is 10.5 Å². The molecule has 0 spiro atoms. The number of hydrogen-bond acceptors (Lipinski definition) is 3. The third kappa shape index (κ3) is 1.23. The molecule has 0 aromatic heterocycles. The number of rotatable bonds is 0. The maximum atomic E-state index is 11.8. The zero-order valence-electron chi connectivity index (χ0n) is 8.33. The zero-order valence-corrected chi connectivity index (χ0v) is 9.91. The normalized spacial score (nSPS) is 20.7. The summed E-state index contributed by atoms with van der Waals surface area (Å²) in [5, 5.41) is 0.415. The summed E-state index contributed by atoms with van der Waals surface area (Å²) in [5.74, 6) is 0. The number of nitrogens with two attached hydrogens (primary N) is 1. The van der Waals surface area contributed by atoms with Crippen molar-refractivity contribution in [2.45, 2.75) is 18.6 Å². The molecule has 3 N–H and O–H groups in total. The van der Waals surface area contributed by atoms with E-state index >= 15 is 0 Å². The van der Waals surface area contributed by atoms with Gasteiger partial charge in [-0.25, -0.2) is 8.42 Å². The average Bonchev–Trinajstić information content (AvgIpc) is 2.28. The fourth-order valence-electron chi connectivity index (χ4n) is 1.69. The van der Waals surface area contributed by atoms with E-state index in [1.54, 1.807) is 26.0 Å². The van der Waals surface area contributed by atoms with E-state index in [9.17, 15) is 8.42 Å². The highest BCUT2D eigenvalue weighted by atomic mass is 35.5. The van der Waals surface area contributed by atoms with E-state index in [1.807, 2.05) is 0 Å². The molecule has 0 unspecified atom stereocenters. The standard InChI is InChI=1S/C9H11ClN2O2S/c1-9(2)7-5(10)3-4-6(11)8(7)12-15(9,13)14/h3-4,12H,11H2,1-2H3. The molecule has 4 nitrogen and oxygen atoms in total. The lowest BCUT2D eigenvalue weighted by Crippen LogP contribution is -2.27. The Balaban J connectivity index is 2.86. The Kier molecular flexibility index (Phi) is 1.97. The molecule has 15 heavy (non-hydrogen) atoms. The highest BCUT2D eigenvalue weighted by Gasteiger charge is 2.46. The summed E-state index contributed by atoms with van der Waals surface area (Å²) in [6, 6.07) is 3.20. The molecule has 0 bridgehead atoms. The van der Waals surface area contributed by atoms with Crippen LogP contribution in [0.1, 0.15) is 19.4 Å². The SMILES string of the molecule is CC1(C)c2c(Cl)ccc(N)c2NS1(=O)=O. The van der Waals surface area contributed by atoms with Gasteiger partial charge in [-0.2, -0.15) is 0 Å². The molecule has 0 aliphatic carbocycles. The number of nitrogen functional groups attached to an aromatic ring is 1. The number of sulfonamides is 1. The molecule has 1 aromatic rings. The minimum absolute atomic E-state index is 0.392. The van der Waals surface area contributed by atoms with Crippen molar-refractivity contribution in [2.24, 2.45) is 0 Å². The first kappa shape index (κ1) is 10.6. The first-order valence-corrected chi connectivity index (χ1v) is 6.24. The first-order chi connectivity index (χ1) is 6.77. The van der Waals surface area contributed by atoms with Crippen molar-refractivity contribution in [3.63, 3.8) is 0 Å². The Labute approximate surface area is 93.5 Å². The number of fused-ring (bicyclic) bond motifs is 1. The number of hydrogen-bond donors (Lipinski definition) is 2. The molecule has 0 saturated heterocycles. The molecule has 2 rings (SSSR count). The molecule has 82 valence electrons. The number of halogens is 1. The minimum atomic E-state index is -3.44. The predicted octanol–water partition coefficient (Wildman–Crippen LogP) is 1.91. The summed E-state index contributed by atoms with van der Waals surface area (Å²) in [6.45, 7) is 3.21. The van der Waals surface area contributed by atoms with Crippen LogP contribution in [0.5, 0.6) is 0 Å². The van der Waals surface area contributed by atoms with Crippen LogP contribution in [0, 0.1) is 0 Å². The molecule has 6 heteroatoms. The van der Waals surface area contributed by atoms with Crippen molar-refractivity contribution in [3.05, 3.63) is 22.7 Å². The van der Waals surface area contributed by atoms with E-state index in [1.165, 1.54) is 0 Å². The summed E-state index contributed by atoms with van der Waals surface area (Å²) in [6.07, 6.45) is 0. The van der Waals surface area contributed by atoms with Crippen molar-refractivity contribution in [1.82, 2.24) is 0 Å². The second kappa shape index (κ2) is 2.80. The first-order valence-electron chi connectivity index (χ1n) is 4.38. The number of nitrogens with one attached hydrogen (secondary N) is 1. The molecule has 0 radical (unpaired) electrons. The van der Waals surface area contributed by atoms with E-state index in [2.05, 4.69) is 4.72 Å². The lowest BCUT2D eigenvalue weighted by molar-refractivity contribution is 0.567. The summed E-state index contributed by atoms with van der Waals surface area (Å²) in [5.41, 5.74) is 7.04. The highest BCUT2D eigenvalue weighted by Crippen LogP contribution is 2.48. The Morgan fingerprint density at radius 3 is 2.53 bits per heavy atom. The fraction of sp³-hybridized carbons (Fsp3) is 0.333. The fourth-order valence-corrected chi connectivity index (χ4v) is 3.36. The molecule has 0 saturated carbocycles. The summed E-state index contributed by atoms with van der Waals surface area (Å²) in [7, 11) is -3.44. The van der Waals surface area contributed by atoms with Crippen LogP contribution in [0.4, 0.5) is 11.4 Å². The van der Waals surface area contributed by atoms with Gasteiger partial charge in [-0.1, -0.05) is 11.6 Å². The van der Waals surface area contributed by atoms with Gasteiger partial charge in [0.1, 0.15) is 4.75 Å². The Morgan fingerprint density at radius 2 is 2.00 bits per heavy atom. The Morgan fingerprint density at radius 1 is 1.40 bits per heavy atom. The second-order valence-corrected chi connectivity index (χ2v) is 6.64. The van der Waals surface area contributed by atoms with Crippen molar-refractivity contribution >= 4 is 33.0 Å². The smallest absolute Gasteiger partial charge is 0.242 e. The molecule has 0 atom stereocenters. The van der Waals surface area contributed by atoms with Gasteiger partial charge in [0.2, 0.25) is 10.0 Å². The zero-order chi connectivity index (χ0) is 11.4. The number of benzene rings is 1. The molecule has 1 aromatic carbocycles. The molecule has 1 aliphatic rings. The average molecular weight is 247 g/mol. The van der Waals surface area contributed by atoms with Gasteiger partial charge in [-0.05, 0) is 26.0 Å². The largest absolute Gasteiger partial charge is 0.397 e. The van der Waals surface area contributed by atoms with Crippen molar-refractivity contribution in [3.8, 4) is 0 Å². The minimum Gasteiger partial charge on any atom is -0.397 e. The van der Waals surface area contributed by atoms with Crippen LogP contribution in [0.15, 0.2) is 12.1 Å². The van der Waals surface area contributed by atoms with Crippen LogP contribution < -0.4 is 10.5 Å². The molecule has 1 heterocycles. The van der Waals surface area contributed by atoms with Crippen LogP contribution in [-0.4, -0.2) is 8.42 Å². The molecular formula is C9H11ClN2O2S. The van der Waals surface area contributed by atoms with Gasteiger partial charge in [0.25, 0.3) is 0 Å². The van der Waals surface area contributed by atoms with Crippen LogP contribution in [-0.2, 0) is 14.8 Å². The van der Waals surface area contributed by atoms with Gasteiger partial charge in [0.05, 0.1) is 11.4 Å². The monoisotopic (exact) mass is 246 g/mol. The Hall–Kier alpha value is -0.940. The lowest BCUT2D eigenvalue weighted by Gasteiger charge is -2.17. The van der Waals surface area contributed by atoms with Gasteiger partial charge < -0.3 is 5.73 Å². The van der Waals surface area contributed by atoms with Gasteiger partial charge in [0, 0.05) is 10.6 Å². The topological polar surface area (TPSA) is 72.2 Å². The van der Waals surface area contributed by atoms with Gasteiger partial charge in [0.15, 0.2) is 0 Å². The molecular weight excluding hydrogens is 236 g/mol. The van der Waals surface area contributed by atoms with E-state index in [0.29, 0.717) is 22.0 Å². The van der Waals surface area contributed by atoms with E-state index < -0.39 is 14.8 Å². The summed E-state index contributed by atoms with van der Waals surface area (Å²) >= 11 is 5.99. The van der Waals surface area contributed by atoms with Crippen LogP contribution in [0.25, 0.3) is 0 Å². The predicted molar refractivity (Wildman–Crippen MR) is 61.4 cm³/mol. The maximum Gasteiger partial charge on any atom is 0.242 e. The van der Waals surface area contributed by atoms with E-state index in [-0.39, 0.29) is 0 Å². The number of anilines is 2. The van der Waals surface area contributed by atoms with Gasteiger partial charge in [-0.3, -0.25) is 4.72 Å². The van der Waals surface area contributed by atoms with E-state index in [4.69, 9.17) is 17.3 Å². The molecule has 1 aliphatic heterocycles. The van der Waals surface area contributed by atoms with E-state index in [0.717, 1.165) is 0 Å². The third-order valence-electron chi connectivity index (χ3n) is 2.70. The van der Waals surface area contributed by atoms with Crippen LogP contribution >= 0.6 is 11.6 Å². The van der Waals surface area contributed by atoms with Crippen molar-refractivity contribution in [1.29, 1.82) is 0 Å². The third-order valence-corrected chi connectivity index (χ3v) is 5.03. The lowest BCUT2D eigenvalue weighted by atomic mass is 9.99. The van der Waals surface area contributed by atoms with Crippen molar-refractivity contribution < 1.29 is 8.42 Å². The van der Waals surface area contributed by atoms with Gasteiger partial charge in [-0.15, -0.1) is 0 Å².